The largest absolute Gasteiger partial charge is 0.375 e. The molecule has 2 unspecified atom stereocenters. The lowest BCUT2D eigenvalue weighted by Crippen LogP contribution is -3.05. The van der Waals surface area contributed by atoms with Crippen LogP contribution in [0.25, 0.3) is 0 Å². The number of ether oxygens (including phenoxy) is 1. The van der Waals surface area contributed by atoms with Gasteiger partial charge in [0.05, 0.1) is 9.70 Å². The van der Waals surface area contributed by atoms with Gasteiger partial charge in [-0.2, -0.15) is 0 Å². The molecular weight excluding hydrogens is 1340 g/mol. The van der Waals surface area contributed by atoms with Gasteiger partial charge in [-0.3, -0.25) is 0 Å². The minimum Gasteiger partial charge on any atom is -0.375 e. The van der Waals surface area contributed by atoms with Gasteiger partial charge in [-0.1, -0.05) is 394 Å². The highest BCUT2D eigenvalue weighted by atomic mass is 35.8. The van der Waals surface area contributed by atoms with Crippen LogP contribution in [0.1, 0.15) is 123 Å². The number of halogens is 6. The van der Waals surface area contributed by atoms with E-state index in [-0.39, 0.29) is 12.1 Å². The second-order valence-corrected chi connectivity index (χ2v) is 68.5. The van der Waals surface area contributed by atoms with E-state index in [0.717, 1.165) is 41.5 Å². The van der Waals surface area contributed by atoms with Crippen molar-refractivity contribution in [3.63, 3.8) is 0 Å². The first kappa shape index (κ1) is 73.5. The van der Waals surface area contributed by atoms with Crippen LogP contribution >= 0.6 is 66.5 Å². The van der Waals surface area contributed by atoms with Crippen LogP contribution in [-0.4, -0.2) is 65.1 Å². The van der Waals surface area contributed by atoms with Crippen molar-refractivity contribution in [2.45, 2.75) is 176 Å². The van der Waals surface area contributed by atoms with Crippen molar-refractivity contribution in [3.05, 3.63) is 243 Å². The smallest absolute Gasteiger partial charge is 0.343 e. The van der Waals surface area contributed by atoms with Gasteiger partial charge >= 0.3 is 12.0 Å². The van der Waals surface area contributed by atoms with Gasteiger partial charge < -0.3 is 16.2 Å². The normalized spacial score (nSPS) is 15.2. The van der Waals surface area contributed by atoms with Crippen molar-refractivity contribution in [2.75, 3.05) is 0 Å². The molecule has 0 fully saturated rings. The molecule has 8 rings (SSSR count). The third-order valence-electron chi connectivity index (χ3n) is 20.4. The van der Waals surface area contributed by atoms with Crippen molar-refractivity contribution in [3.8, 4) is 0 Å². The van der Waals surface area contributed by atoms with Crippen LogP contribution < -0.4 is 53.0 Å². The summed E-state index contributed by atoms with van der Waals surface area (Å²) in [6, 6.07) is 83.0. The molecule has 8 aromatic carbocycles. The van der Waals surface area contributed by atoms with Crippen molar-refractivity contribution in [1.82, 2.24) is 0 Å². The zero-order valence-corrected chi connectivity index (χ0v) is 66.7. The van der Waals surface area contributed by atoms with E-state index in [1.807, 2.05) is 0 Å². The van der Waals surface area contributed by atoms with Crippen LogP contribution in [0.3, 0.4) is 0 Å². The highest BCUT2D eigenvalue weighted by molar-refractivity contribution is 7.65. The lowest BCUT2D eigenvalue weighted by Gasteiger charge is -2.79. The Morgan fingerprint density at radius 1 is 0.275 bits per heavy atom. The maximum atomic E-state index is 11.2. The Morgan fingerprint density at radius 2 is 0.418 bits per heavy atom. The number of hydrogen-bond acceptors (Lipinski definition) is 3. The average molecular weight is 1440 g/mol. The second-order valence-electron chi connectivity index (χ2n) is 29.8. The molecular formula is C76H98Cl6N2OSi6. The van der Waals surface area contributed by atoms with Crippen molar-refractivity contribution < 1.29 is 4.74 Å². The number of nitrogens with two attached hydrogens (primary N) is 2. The maximum Gasteiger partial charge on any atom is 0.343 e. The van der Waals surface area contributed by atoms with Crippen LogP contribution in [0.4, 0.5) is 0 Å². The van der Waals surface area contributed by atoms with E-state index >= 15 is 0 Å². The highest BCUT2D eigenvalue weighted by Gasteiger charge is 2.88. The Balaban J connectivity index is 2.09. The van der Waals surface area contributed by atoms with Crippen LogP contribution in [0.2, 0.25) is 32.2 Å². The van der Waals surface area contributed by atoms with E-state index in [2.05, 4.69) is 340 Å². The Hall–Kier alpha value is -3.32. The molecule has 4 N–H and O–H groups in total. The molecule has 0 aliphatic heterocycles. The van der Waals surface area contributed by atoms with Gasteiger partial charge in [0.2, 0.25) is 0 Å². The molecule has 0 aliphatic rings. The summed E-state index contributed by atoms with van der Waals surface area (Å²) in [5.74, 6) is 0. The minimum atomic E-state index is -4.40. The van der Waals surface area contributed by atoms with E-state index in [9.17, 15) is 16.2 Å². The summed E-state index contributed by atoms with van der Waals surface area (Å²) < 4.78 is 11.2. The van der Waals surface area contributed by atoms with Crippen LogP contribution in [0.5, 0.6) is 0 Å². The number of rotatable bonds is 24. The van der Waals surface area contributed by atoms with Crippen molar-refractivity contribution in [1.29, 1.82) is 0 Å². The Morgan fingerprint density at radius 3 is 0.527 bits per heavy atom. The van der Waals surface area contributed by atoms with Gasteiger partial charge in [0.1, 0.15) is 0 Å². The van der Waals surface area contributed by atoms with Crippen LogP contribution in [0, 0.1) is 0 Å². The topological polar surface area (TPSA) is 61.3 Å². The second kappa shape index (κ2) is 27.7. The van der Waals surface area contributed by atoms with E-state index < -0.39 is 85.2 Å². The third-order valence-corrected chi connectivity index (χ3v) is 54.6. The molecule has 0 bridgehead atoms. The quantitative estimate of drug-likeness (QED) is 0.0468. The summed E-state index contributed by atoms with van der Waals surface area (Å²) in [4.78, 5) is -3.37. The lowest BCUT2D eigenvalue weighted by atomic mass is 9.95. The van der Waals surface area contributed by atoms with Crippen molar-refractivity contribution in [2.24, 2.45) is 11.5 Å². The molecule has 0 saturated carbocycles. The molecule has 0 spiro atoms. The molecule has 0 aliphatic carbocycles. The van der Waals surface area contributed by atoms with E-state index in [1.165, 1.54) is 0 Å². The summed E-state index contributed by atoms with van der Waals surface area (Å²) >= 11 is 48.5. The van der Waals surface area contributed by atoms with E-state index in [4.69, 9.17) is 66.5 Å². The summed E-state index contributed by atoms with van der Waals surface area (Å²) in [5.41, 5.74) is 16.6. The molecule has 0 heterocycles. The number of hydrogen-bond donors (Lipinski definition) is 2. The molecule has 3 nitrogen and oxygen atoms in total. The first-order chi connectivity index (χ1) is 42.6. The Labute approximate surface area is 581 Å². The van der Waals surface area contributed by atoms with Crippen LogP contribution in [0.15, 0.2) is 243 Å². The lowest BCUT2D eigenvalue weighted by molar-refractivity contribution is -0.0754. The van der Waals surface area contributed by atoms with Gasteiger partial charge in [0.25, 0.3) is 0 Å². The van der Waals surface area contributed by atoms with Gasteiger partial charge in [0.15, 0.2) is 32.3 Å². The van der Waals surface area contributed by atoms with Gasteiger partial charge in [-0.15, -0.1) is 66.5 Å². The zero-order chi connectivity index (χ0) is 66.9. The van der Waals surface area contributed by atoms with Gasteiger partial charge in [0, 0.05) is 23.2 Å². The van der Waals surface area contributed by atoms with Crippen LogP contribution in [-0.2, 0) is 4.74 Å². The average Bonchev–Trinajstić information content (AvgIpc) is 0.630. The molecule has 0 amide bonds. The van der Waals surface area contributed by atoms with Gasteiger partial charge in [-0.05, 0) is 33.0 Å². The molecule has 0 saturated heterocycles. The predicted molar refractivity (Wildman–Crippen MR) is 417 cm³/mol. The fourth-order valence-electron chi connectivity index (χ4n) is 18.6. The fourth-order valence-corrected chi connectivity index (χ4v) is 65.1. The monoisotopic (exact) mass is 1430 g/mol. The molecule has 484 valence electrons. The molecule has 0 aromatic heterocycles. The first-order valence-electron chi connectivity index (χ1n) is 32.4. The van der Waals surface area contributed by atoms with E-state index in [0.29, 0.717) is 25.7 Å². The highest BCUT2D eigenvalue weighted by Crippen LogP contribution is 2.68. The standard InChI is InChI=1S/C76H98Cl6N2OSi6/c1-15-57-73(83,59-86(77,78)79)75(88(69(3,4)5,61-41-25-17-26-42-61)62-43-27-18-28-44-62,89(70(6,7)8,63-45-29-19-30-46-63)64-47-31-20-32-48-64)85-76(74(84,58-16-2)60-87(80,81)82,90(71(9,10)11,65-49-33-21-34-50-65)66-51-35-22-36-52-66)91(72(12,13)14,67-53-37-23-38-54-67)68-55-39-24-40-56-68/h17-56H,15-16,57-60,83-84H2,1-14H3. The molecule has 0 radical (unpaired) electrons. The minimum absolute atomic E-state index is 0.0234. The first-order valence-corrected chi connectivity index (χ1v) is 50.9. The number of benzene rings is 8. The molecule has 15 heteroatoms. The zero-order valence-electron chi connectivity index (χ0n) is 56.2. The summed E-state index contributed by atoms with van der Waals surface area (Å²) in [5, 5.41) is 6.18. The summed E-state index contributed by atoms with van der Waals surface area (Å²) in [6.45, 7) is 34.1. The van der Waals surface area contributed by atoms with Gasteiger partial charge in [-0.25, -0.2) is 0 Å². The van der Waals surface area contributed by atoms with Crippen molar-refractivity contribution >= 4 is 152 Å². The molecule has 2 atom stereocenters. The Kier molecular flexibility index (Phi) is 22.3. The summed E-state index contributed by atoms with van der Waals surface area (Å²) in [6.07, 6.45) is 2.01. The molecule has 91 heavy (non-hydrogen) atoms. The van der Waals surface area contributed by atoms with E-state index in [1.54, 1.807) is 0 Å². The molecule has 8 aromatic rings. The maximum absolute atomic E-state index is 11.2. The SMILES string of the molecule is CCCC(N)(C[Si](Cl)(Cl)Cl)C(OC(C(N)(CCC)C[Si](Cl)(Cl)Cl)([Si](c1ccccc1)(c1ccccc1)C(C)(C)C)[Si](c1ccccc1)(c1ccccc1)C(C)(C)C)([Si](c1ccccc1)(c1ccccc1)C(C)(C)C)[Si](c1ccccc1)(c1ccccc1)C(C)(C)C. The summed E-state index contributed by atoms with van der Waals surface area (Å²) in [7, 11) is -17.6. The fraction of sp³-hybridized carbons (Fsp3) is 0.368. The predicted octanol–water partition coefficient (Wildman–Crippen LogP) is 17.2. The third kappa shape index (κ3) is 12.3. The Bertz CT molecular complexity index is 3000.